The van der Waals surface area contributed by atoms with Crippen LogP contribution in [0, 0.1) is 13.8 Å². The van der Waals surface area contributed by atoms with Gasteiger partial charge < -0.3 is 14.8 Å². The molecule has 0 unspecified atom stereocenters. The molecular weight excluding hydrogens is 306 g/mol. The Morgan fingerprint density at radius 1 is 1.00 bits per heavy atom. The summed E-state index contributed by atoms with van der Waals surface area (Å²) in [7, 11) is 0. The van der Waals surface area contributed by atoms with Gasteiger partial charge >= 0.3 is 5.97 Å². The van der Waals surface area contributed by atoms with E-state index >= 15 is 0 Å². The minimum absolute atomic E-state index is 0.149. The second-order valence-corrected chi connectivity index (χ2v) is 5.57. The summed E-state index contributed by atoms with van der Waals surface area (Å²) in [5.41, 5.74) is 3.18. The standard InChI is InChI=1S/C19H21NO4/c1-13-9-14(2)11-18(10-13)23-7-8-24-19(22)16-5-4-6-17(12-16)20-15(3)21/h4-6,9-12H,7-8H2,1-3H3,(H,20,21). The van der Waals surface area contributed by atoms with Crippen LogP contribution in [0.1, 0.15) is 28.4 Å². The van der Waals surface area contributed by atoms with E-state index in [9.17, 15) is 9.59 Å². The van der Waals surface area contributed by atoms with Gasteiger partial charge in [-0.3, -0.25) is 4.79 Å². The van der Waals surface area contributed by atoms with Crippen LogP contribution in [-0.4, -0.2) is 25.1 Å². The first-order valence-electron chi connectivity index (χ1n) is 7.70. The van der Waals surface area contributed by atoms with Gasteiger partial charge in [0.1, 0.15) is 19.0 Å². The third-order valence-electron chi connectivity index (χ3n) is 3.20. The Kier molecular flexibility index (Phi) is 5.95. The molecule has 0 saturated heterocycles. The first-order chi connectivity index (χ1) is 11.4. The molecule has 1 N–H and O–H groups in total. The number of anilines is 1. The summed E-state index contributed by atoms with van der Waals surface area (Å²) in [6.07, 6.45) is 0. The van der Waals surface area contributed by atoms with E-state index in [1.165, 1.54) is 6.92 Å². The fourth-order valence-electron chi connectivity index (χ4n) is 2.32. The number of hydrogen-bond acceptors (Lipinski definition) is 4. The molecule has 5 nitrogen and oxygen atoms in total. The summed E-state index contributed by atoms with van der Waals surface area (Å²) < 4.78 is 10.8. The highest BCUT2D eigenvalue weighted by Gasteiger charge is 2.08. The van der Waals surface area contributed by atoms with Gasteiger partial charge in [-0.25, -0.2) is 4.79 Å². The lowest BCUT2D eigenvalue weighted by Gasteiger charge is -2.09. The highest BCUT2D eigenvalue weighted by molar-refractivity contribution is 5.93. The molecule has 0 aliphatic rings. The van der Waals surface area contributed by atoms with E-state index in [4.69, 9.17) is 9.47 Å². The van der Waals surface area contributed by atoms with Crippen molar-refractivity contribution >= 4 is 17.6 Å². The molecule has 0 radical (unpaired) electrons. The van der Waals surface area contributed by atoms with Crippen molar-refractivity contribution in [2.75, 3.05) is 18.5 Å². The van der Waals surface area contributed by atoms with Gasteiger partial charge in [0.05, 0.1) is 5.56 Å². The molecule has 1 amide bonds. The van der Waals surface area contributed by atoms with Crippen LogP contribution in [-0.2, 0) is 9.53 Å². The van der Waals surface area contributed by atoms with E-state index in [0.29, 0.717) is 11.3 Å². The lowest BCUT2D eigenvalue weighted by atomic mass is 10.1. The molecule has 2 rings (SSSR count). The molecule has 2 aromatic rings. The number of nitrogens with one attached hydrogen (secondary N) is 1. The normalized spacial score (nSPS) is 10.1. The van der Waals surface area contributed by atoms with Gasteiger partial charge in [-0.2, -0.15) is 0 Å². The van der Waals surface area contributed by atoms with Crippen molar-refractivity contribution in [3.05, 3.63) is 59.2 Å². The van der Waals surface area contributed by atoms with E-state index in [2.05, 4.69) is 11.4 Å². The first-order valence-corrected chi connectivity index (χ1v) is 7.70. The molecule has 0 atom stereocenters. The zero-order chi connectivity index (χ0) is 17.5. The SMILES string of the molecule is CC(=O)Nc1cccc(C(=O)OCCOc2cc(C)cc(C)c2)c1. The van der Waals surface area contributed by atoms with Crippen LogP contribution in [0.25, 0.3) is 0 Å². The summed E-state index contributed by atoms with van der Waals surface area (Å²) in [6.45, 7) is 5.84. The van der Waals surface area contributed by atoms with Crippen molar-refractivity contribution in [2.45, 2.75) is 20.8 Å². The number of rotatable bonds is 6. The molecule has 126 valence electrons. The maximum absolute atomic E-state index is 12.0. The Bertz CT molecular complexity index is 720. The Morgan fingerprint density at radius 2 is 1.71 bits per heavy atom. The molecule has 0 aromatic heterocycles. The number of aryl methyl sites for hydroxylation is 2. The van der Waals surface area contributed by atoms with E-state index in [1.807, 2.05) is 26.0 Å². The molecular formula is C19H21NO4. The smallest absolute Gasteiger partial charge is 0.338 e. The molecule has 0 fully saturated rings. The molecule has 0 aliphatic heterocycles. The largest absolute Gasteiger partial charge is 0.490 e. The number of hydrogen-bond donors (Lipinski definition) is 1. The average Bonchev–Trinajstić information content (AvgIpc) is 2.50. The van der Waals surface area contributed by atoms with Gasteiger partial charge in [-0.15, -0.1) is 0 Å². The lowest BCUT2D eigenvalue weighted by molar-refractivity contribution is -0.114. The van der Waals surface area contributed by atoms with Crippen molar-refractivity contribution in [3.8, 4) is 5.75 Å². The third-order valence-corrected chi connectivity index (χ3v) is 3.20. The quantitative estimate of drug-likeness (QED) is 0.651. The fraction of sp³-hybridized carbons (Fsp3) is 0.263. The van der Waals surface area contributed by atoms with Gasteiger partial charge in [0.25, 0.3) is 0 Å². The number of carbonyl (C=O) groups is 2. The van der Waals surface area contributed by atoms with E-state index in [1.54, 1.807) is 24.3 Å². The minimum Gasteiger partial charge on any atom is -0.490 e. The second kappa shape index (κ2) is 8.15. The highest BCUT2D eigenvalue weighted by atomic mass is 16.6. The maximum atomic E-state index is 12.0. The molecule has 24 heavy (non-hydrogen) atoms. The van der Waals surface area contributed by atoms with Gasteiger partial charge in [0.2, 0.25) is 5.91 Å². The molecule has 0 saturated carbocycles. The predicted molar refractivity (Wildman–Crippen MR) is 92.4 cm³/mol. The fourth-order valence-corrected chi connectivity index (χ4v) is 2.32. The molecule has 0 spiro atoms. The number of esters is 1. The second-order valence-electron chi connectivity index (χ2n) is 5.57. The van der Waals surface area contributed by atoms with Gasteiger partial charge in [-0.05, 0) is 55.3 Å². The van der Waals surface area contributed by atoms with Gasteiger partial charge in [0.15, 0.2) is 0 Å². The van der Waals surface area contributed by atoms with E-state index in [-0.39, 0.29) is 19.1 Å². The molecule has 0 heterocycles. The Labute approximate surface area is 141 Å². The first kappa shape index (κ1) is 17.5. The van der Waals surface area contributed by atoms with Crippen LogP contribution in [0.2, 0.25) is 0 Å². The van der Waals surface area contributed by atoms with Gasteiger partial charge in [0, 0.05) is 12.6 Å². The summed E-state index contributed by atoms with van der Waals surface area (Å²) in [6, 6.07) is 12.6. The van der Waals surface area contributed by atoms with Crippen LogP contribution in [0.5, 0.6) is 5.75 Å². The van der Waals surface area contributed by atoms with Crippen LogP contribution >= 0.6 is 0 Å². The third kappa shape index (κ3) is 5.43. The summed E-state index contributed by atoms with van der Waals surface area (Å²) >= 11 is 0. The lowest BCUT2D eigenvalue weighted by Crippen LogP contribution is -2.13. The average molecular weight is 327 g/mol. The van der Waals surface area contributed by atoms with Crippen molar-refractivity contribution < 1.29 is 19.1 Å². The molecule has 2 aromatic carbocycles. The van der Waals surface area contributed by atoms with Crippen LogP contribution in [0.15, 0.2) is 42.5 Å². The molecule has 0 bridgehead atoms. The summed E-state index contributed by atoms with van der Waals surface area (Å²) in [5.74, 6) is 0.116. The van der Waals surface area contributed by atoms with Crippen molar-refractivity contribution in [1.29, 1.82) is 0 Å². The van der Waals surface area contributed by atoms with Crippen LogP contribution in [0.4, 0.5) is 5.69 Å². The zero-order valence-electron chi connectivity index (χ0n) is 14.1. The number of benzene rings is 2. The zero-order valence-corrected chi connectivity index (χ0v) is 14.1. The Morgan fingerprint density at radius 3 is 2.38 bits per heavy atom. The number of carbonyl (C=O) groups excluding carboxylic acids is 2. The number of amides is 1. The van der Waals surface area contributed by atoms with Gasteiger partial charge in [-0.1, -0.05) is 12.1 Å². The molecule has 5 heteroatoms. The topological polar surface area (TPSA) is 64.6 Å². The predicted octanol–water partition coefficient (Wildman–Crippen LogP) is 3.50. The molecule has 0 aliphatic carbocycles. The Balaban J connectivity index is 1.83. The van der Waals surface area contributed by atoms with Crippen molar-refractivity contribution in [3.63, 3.8) is 0 Å². The maximum Gasteiger partial charge on any atom is 0.338 e. The summed E-state index contributed by atoms with van der Waals surface area (Å²) in [4.78, 5) is 23.1. The van der Waals surface area contributed by atoms with Crippen molar-refractivity contribution in [1.82, 2.24) is 0 Å². The van der Waals surface area contributed by atoms with E-state index < -0.39 is 5.97 Å². The number of ether oxygens (including phenoxy) is 2. The van der Waals surface area contributed by atoms with E-state index in [0.717, 1.165) is 16.9 Å². The highest BCUT2D eigenvalue weighted by Crippen LogP contribution is 2.16. The monoisotopic (exact) mass is 327 g/mol. The minimum atomic E-state index is -0.453. The summed E-state index contributed by atoms with van der Waals surface area (Å²) in [5, 5.41) is 2.63. The van der Waals surface area contributed by atoms with Crippen LogP contribution in [0.3, 0.4) is 0 Å². The van der Waals surface area contributed by atoms with Crippen LogP contribution < -0.4 is 10.1 Å². The van der Waals surface area contributed by atoms with Crippen molar-refractivity contribution in [2.24, 2.45) is 0 Å². The Hall–Kier alpha value is -2.82.